The molecule has 5 heteroatoms. The molecule has 1 aliphatic carbocycles. The van der Waals surface area contributed by atoms with Crippen LogP contribution in [-0.4, -0.2) is 37.2 Å². The van der Waals surface area contributed by atoms with E-state index in [1.54, 1.807) is 0 Å². The van der Waals surface area contributed by atoms with Crippen LogP contribution in [0.4, 0.5) is 0 Å². The van der Waals surface area contributed by atoms with Crippen LogP contribution in [0.25, 0.3) is 0 Å². The van der Waals surface area contributed by atoms with Gasteiger partial charge in [-0.2, -0.15) is 0 Å². The third-order valence-electron chi connectivity index (χ3n) is 3.13. The van der Waals surface area contributed by atoms with Gasteiger partial charge in [0.2, 0.25) is 0 Å². The lowest BCUT2D eigenvalue weighted by atomic mass is 10.1. The van der Waals surface area contributed by atoms with Gasteiger partial charge in [0.1, 0.15) is 0 Å². The fourth-order valence-corrected chi connectivity index (χ4v) is 2.42. The number of nitrogens with zero attached hydrogens (tertiary/aromatic N) is 1. The Balaban J connectivity index is 0.000000383. The topological polar surface area (TPSA) is 60.4 Å². The van der Waals surface area contributed by atoms with Gasteiger partial charge in [-0.1, -0.05) is 36.1 Å². The van der Waals surface area contributed by atoms with Crippen molar-refractivity contribution in [3.05, 3.63) is 35.4 Å². The van der Waals surface area contributed by atoms with Gasteiger partial charge in [0.05, 0.1) is 23.2 Å². The Bertz CT molecular complexity index is 629. The summed E-state index contributed by atoms with van der Waals surface area (Å²) in [4.78, 5) is 2.20. The average Bonchev–Trinajstić information content (AvgIpc) is 2.80. The van der Waals surface area contributed by atoms with Crippen molar-refractivity contribution in [2.75, 3.05) is 19.3 Å². The first-order valence-corrected chi connectivity index (χ1v) is 8.28. The number of hydrogen-bond acceptors (Lipinski definition) is 4. The second kappa shape index (κ2) is 7.85. The van der Waals surface area contributed by atoms with Gasteiger partial charge in [0, 0.05) is 12.3 Å². The number of hydrogen-bond donors (Lipinski definition) is 0. The minimum Gasteiger partial charge on any atom is -0.748 e. The third-order valence-corrected chi connectivity index (χ3v) is 3.13. The molecule has 112 valence electrons. The first-order valence-electron chi connectivity index (χ1n) is 6.46. The summed E-state index contributed by atoms with van der Waals surface area (Å²) in [5.74, 6) is 5.38. The van der Waals surface area contributed by atoms with E-state index in [0.29, 0.717) is 25.4 Å². The number of benzene rings is 1. The zero-order valence-electron chi connectivity index (χ0n) is 12.0. The molecule has 0 saturated carbocycles. The molecule has 0 fully saturated rings. The summed E-state index contributed by atoms with van der Waals surface area (Å²) in [6.45, 7) is 1.26. The molecular formula is C16H18NO3S-. The molecule has 21 heavy (non-hydrogen) atoms. The van der Waals surface area contributed by atoms with Crippen LogP contribution in [0.2, 0.25) is 0 Å². The lowest BCUT2D eigenvalue weighted by Gasteiger charge is -2.25. The zero-order valence-corrected chi connectivity index (χ0v) is 12.8. The van der Waals surface area contributed by atoms with Gasteiger partial charge < -0.3 is 4.55 Å². The van der Waals surface area contributed by atoms with E-state index in [-0.39, 0.29) is 0 Å². The Morgan fingerprint density at radius 1 is 1.29 bits per heavy atom. The largest absolute Gasteiger partial charge is 0.748 e. The highest BCUT2D eigenvalue weighted by Gasteiger charge is 2.26. The van der Waals surface area contributed by atoms with Gasteiger partial charge in [-0.25, -0.2) is 8.42 Å². The van der Waals surface area contributed by atoms with E-state index in [0.717, 1.165) is 12.8 Å². The van der Waals surface area contributed by atoms with Crippen LogP contribution < -0.4 is 0 Å². The van der Waals surface area contributed by atoms with Crippen LogP contribution in [0.1, 0.15) is 23.6 Å². The maximum atomic E-state index is 9.08. The minimum atomic E-state index is -3.92. The van der Waals surface area contributed by atoms with E-state index >= 15 is 0 Å². The molecule has 0 amide bonds. The molecule has 1 aromatic rings. The maximum absolute atomic E-state index is 9.08. The van der Waals surface area contributed by atoms with E-state index in [1.165, 1.54) is 11.1 Å². The summed E-state index contributed by atoms with van der Waals surface area (Å²) in [6, 6.07) is 8.96. The Morgan fingerprint density at radius 2 is 1.81 bits per heavy atom. The van der Waals surface area contributed by atoms with Crippen molar-refractivity contribution in [2.45, 2.75) is 18.9 Å². The van der Waals surface area contributed by atoms with Gasteiger partial charge in [0.15, 0.2) is 0 Å². The van der Waals surface area contributed by atoms with E-state index in [9.17, 15) is 0 Å². The quantitative estimate of drug-likeness (QED) is 0.626. The van der Waals surface area contributed by atoms with Crippen molar-refractivity contribution in [2.24, 2.45) is 0 Å². The normalized spacial score (nSPS) is 16.3. The Labute approximate surface area is 126 Å². The molecule has 0 heterocycles. The average molecular weight is 304 g/mol. The smallest absolute Gasteiger partial charge is 0.0916 e. The van der Waals surface area contributed by atoms with Crippen molar-refractivity contribution >= 4 is 10.1 Å². The van der Waals surface area contributed by atoms with Gasteiger partial charge in [0.25, 0.3) is 0 Å². The van der Waals surface area contributed by atoms with Gasteiger partial charge in [-0.05, 0) is 24.0 Å². The number of fused-ring (bicyclic) bond motifs is 1. The summed E-state index contributed by atoms with van der Waals surface area (Å²) in [5.41, 5.74) is 2.83. The first-order chi connectivity index (χ1) is 9.86. The van der Waals surface area contributed by atoms with Crippen LogP contribution in [0.5, 0.6) is 0 Å². The molecule has 1 aromatic carbocycles. The molecule has 0 aromatic heterocycles. The van der Waals surface area contributed by atoms with Crippen LogP contribution >= 0.6 is 0 Å². The third kappa shape index (κ3) is 6.01. The summed E-state index contributed by atoms with van der Waals surface area (Å²) in [6.07, 6.45) is 13.6. The predicted octanol–water partition coefficient (Wildman–Crippen LogP) is 1.40. The van der Waals surface area contributed by atoms with Gasteiger partial charge in [-0.15, -0.1) is 12.8 Å². The summed E-state index contributed by atoms with van der Waals surface area (Å²) >= 11 is 0. The Hall–Kier alpha value is -1.79. The Morgan fingerprint density at radius 3 is 2.33 bits per heavy atom. The second-order valence-corrected chi connectivity index (χ2v) is 6.18. The number of rotatable bonds is 3. The van der Waals surface area contributed by atoms with Crippen molar-refractivity contribution < 1.29 is 13.0 Å². The maximum Gasteiger partial charge on any atom is 0.0916 e. The molecule has 0 radical (unpaired) electrons. The second-order valence-electron chi connectivity index (χ2n) is 4.77. The number of aryl methyl sites for hydroxylation is 1. The zero-order chi connectivity index (χ0) is 15.9. The summed E-state index contributed by atoms with van der Waals surface area (Å²) in [7, 11) is -3.92. The molecule has 1 unspecified atom stereocenters. The SMILES string of the molecule is C#CCN(CC#C)C1CCc2ccccc21.CS(=O)(=O)[O-]. The first kappa shape index (κ1) is 17.3. The van der Waals surface area contributed by atoms with E-state index in [4.69, 9.17) is 25.8 Å². The predicted molar refractivity (Wildman–Crippen MR) is 82.4 cm³/mol. The van der Waals surface area contributed by atoms with E-state index in [1.807, 2.05) is 0 Å². The highest BCUT2D eigenvalue weighted by Crippen LogP contribution is 2.35. The lowest BCUT2D eigenvalue weighted by Crippen LogP contribution is -2.28. The molecule has 0 bridgehead atoms. The van der Waals surface area contributed by atoms with Gasteiger partial charge in [-0.3, -0.25) is 4.90 Å². The van der Waals surface area contributed by atoms with Crippen LogP contribution in [0.3, 0.4) is 0 Å². The molecule has 0 saturated heterocycles. The fraction of sp³-hybridized carbons (Fsp3) is 0.375. The molecule has 2 rings (SSSR count). The molecule has 1 aliphatic rings. The van der Waals surface area contributed by atoms with E-state index < -0.39 is 10.1 Å². The Kier molecular flexibility index (Phi) is 6.45. The molecular weight excluding hydrogens is 286 g/mol. The summed E-state index contributed by atoms with van der Waals surface area (Å²) in [5, 5.41) is 0. The molecule has 0 aliphatic heterocycles. The van der Waals surface area contributed by atoms with Crippen molar-refractivity contribution in [3.8, 4) is 24.7 Å². The van der Waals surface area contributed by atoms with E-state index in [2.05, 4.69) is 41.0 Å². The highest BCUT2D eigenvalue weighted by atomic mass is 32.2. The van der Waals surface area contributed by atoms with Crippen LogP contribution in [0.15, 0.2) is 24.3 Å². The van der Waals surface area contributed by atoms with Crippen molar-refractivity contribution in [1.82, 2.24) is 4.90 Å². The molecule has 1 atom stereocenters. The van der Waals surface area contributed by atoms with Crippen molar-refractivity contribution in [3.63, 3.8) is 0 Å². The number of terminal acetylenes is 2. The molecule has 0 spiro atoms. The summed E-state index contributed by atoms with van der Waals surface area (Å²) < 4.78 is 27.2. The monoisotopic (exact) mass is 304 g/mol. The van der Waals surface area contributed by atoms with Crippen molar-refractivity contribution in [1.29, 1.82) is 0 Å². The molecule has 4 nitrogen and oxygen atoms in total. The van der Waals surface area contributed by atoms with Crippen LogP contribution in [0, 0.1) is 24.7 Å². The highest BCUT2D eigenvalue weighted by molar-refractivity contribution is 7.84. The minimum absolute atomic E-state index is 0.406. The standard InChI is InChI=1S/C15H15N.CH4O3S/c1-3-11-16(12-4-2)15-10-9-13-7-5-6-8-14(13)15;1-5(2,3)4/h1-2,5-8,15H,9-12H2;1H3,(H,2,3,4)/p-1. The lowest BCUT2D eigenvalue weighted by molar-refractivity contribution is 0.250. The van der Waals surface area contributed by atoms with Crippen LogP contribution in [-0.2, 0) is 16.5 Å². The fourth-order valence-electron chi connectivity index (χ4n) is 2.42. The molecule has 0 N–H and O–H groups in total. The van der Waals surface area contributed by atoms with Gasteiger partial charge >= 0.3 is 0 Å².